The number of nitrogens with zero attached hydrogens (tertiary/aromatic N) is 1. The molecule has 0 bridgehead atoms. The Balaban J connectivity index is 2.17. The quantitative estimate of drug-likeness (QED) is 0.872. The first-order chi connectivity index (χ1) is 7.66. The minimum absolute atomic E-state index is 0.294. The smallest absolute Gasteiger partial charge is 0.260 e. The van der Waals surface area contributed by atoms with E-state index in [0.717, 1.165) is 0 Å². The Labute approximate surface area is 97.2 Å². The maximum Gasteiger partial charge on any atom is 0.260 e. The van der Waals surface area contributed by atoms with Crippen molar-refractivity contribution in [3.8, 4) is 0 Å². The van der Waals surface area contributed by atoms with Crippen LogP contribution in [0.1, 0.15) is 16.1 Å². The van der Waals surface area contributed by atoms with Crippen LogP contribution in [0, 0.1) is 6.92 Å². The molecule has 0 aliphatic rings. The van der Waals surface area contributed by atoms with Gasteiger partial charge >= 0.3 is 0 Å². The summed E-state index contributed by atoms with van der Waals surface area (Å²) in [5.41, 5.74) is 0.444. The van der Waals surface area contributed by atoms with Crippen LogP contribution < -0.4 is 5.32 Å². The van der Waals surface area contributed by atoms with E-state index in [1.807, 2.05) is 0 Å². The van der Waals surface area contributed by atoms with Crippen LogP contribution in [0.2, 0.25) is 5.02 Å². The zero-order valence-electron chi connectivity index (χ0n) is 8.53. The summed E-state index contributed by atoms with van der Waals surface area (Å²) in [6.45, 7) is 1.77. The summed E-state index contributed by atoms with van der Waals surface area (Å²) >= 11 is 5.86. The second kappa shape index (κ2) is 4.37. The topological polar surface area (TPSA) is 55.1 Å². The molecule has 2 heterocycles. The zero-order valence-corrected chi connectivity index (χ0v) is 9.28. The van der Waals surface area contributed by atoms with Crippen LogP contribution >= 0.6 is 11.6 Å². The first-order valence-corrected chi connectivity index (χ1v) is 5.01. The summed E-state index contributed by atoms with van der Waals surface area (Å²) in [6.07, 6.45) is 2.95. The fourth-order valence-corrected chi connectivity index (χ4v) is 1.39. The number of carbonyl (C=O) groups excluding carboxylic acids is 1. The number of hydrogen-bond donors (Lipinski definition) is 1. The van der Waals surface area contributed by atoms with Gasteiger partial charge in [0.05, 0.1) is 10.6 Å². The molecule has 2 aromatic rings. The molecule has 16 heavy (non-hydrogen) atoms. The van der Waals surface area contributed by atoms with Gasteiger partial charge in [0.15, 0.2) is 5.82 Å². The lowest BCUT2D eigenvalue weighted by Gasteiger charge is -2.03. The third kappa shape index (κ3) is 2.23. The molecule has 82 valence electrons. The van der Waals surface area contributed by atoms with Crippen molar-refractivity contribution in [2.45, 2.75) is 6.92 Å². The fourth-order valence-electron chi connectivity index (χ4n) is 1.22. The number of amides is 1. The van der Waals surface area contributed by atoms with Crippen LogP contribution in [0.15, 0.2) is 35.1 Å². The number of halogens is 1. The van der Waals surface area contributed by atoms with Crippen molar-refractivity contribution in [2.24, 2.45) is 0 Å². The van der Waals surface area contributed by atoms with Crippen LogP contribution in [0.5, 0.6) is 0 Å². The van der Waals surface area contributed by atoms with E-state index in [4.69, 9.17) is 16.0 Å². The Morgan fingerprint density at radius 1 is 1.56 bits per heavy atom. The highest BCUT2D eigenvalue weighted by molar-refractivity contribution is 6.33. The second-order valence-electron chi connectivity index (χ2n) is 3.23. The fraction of sp³-hybridized carbons (Fsp3) is 0.0909. The zero-order chi connectivity index (χ0) is 11.5. The molecule has 1 N–H and O–H groups in total. The van der Waals surface area contributed by atoms with Crippen LogP contribution in [-0.2, 0) is 0 Å². The molecule has 2 rings (SSSR count). The highest BCUT2D eigenvalue weighted by atomic mass is 35.5. The van der Waals surface area contributed by atoms with E-state index in [-0.39, 0.29) is 5.91 Å². The first-order valence-electron chi connectivity index (χ1n) is 4.64. The molecular weight excluding hydrogens is 228 g/mol. The van der Waals surface area contributed by atoms with Crippen LogP contribution in [0.3, 0.4) is 0 Å². The Bertz CT molecular complexity index is 522. The van der Waals surface area contributed by atoms with E-state index in [1.54, 1.807) is 31.3 Å². The highest BCUT2D eigenvalue weighted by Crippen LogP contribution is 2.18. The number of hydrogen-bond acceptors (Lipinski definition) is 3. The van der Waals surface area contributed by atoms with Gasteiger partial charge in [-0.3, -0.25) is 4.79 Å². The van der Waals surface area contributed by atoms with Crippen molar-refractivity contribution in [2.75, 3.05) is 5.32 Å². The number of pyridine rings is 1. The Hall–Kier alpha value is -1.81. The molecule has 1 amide bonds. The van der Waals surface area contributed by atoms with Crippen LogP contribution in [0.4, 0.5) is 5.82 Å². The molecule has 0 aromatic carbocycles. The van der Waals surface area contributed by atoms with Crippen LogP contribution in [-0.4, -0.2) is 10.9 Å². The number of carbonyl (C=O) groups is 1. The molecule has 4 nitrogen and oxygen atoms in total. The summed E-state index contributed by atoms with van der Waals surface area (Å²) in [7, 11) is 0. The number of anilines is 1. The van der Waals surface area contributed by atoms with Crippen molar-refractivity contribution in [1.82, 2.24) is 4.98 Å². The predicted octanol–water partition coefficient (Wildman–Crippen LogP) is 2.89. The summed E-state index contributed by atoms with van der Waals surface area (Å²) in [4.78, 5) is 15.7. The van der Waals surface area contributed by atoms with Gasteiger partial charge in [-0.05, 0) is 25.1 Å². The van der Waals surface area contributed by atoms with Gasteiger partial charge < -0.3 is 9.73 Å². The molecule has 0 atom stereocenters. The molecule has 0 saturated carbocycles. The van der Waals surface area contributed by atoms with Crippen molar-refractivity contribution < 1.29 is 9.21 Å². The van der Waals surface area contributed by atoms with Gasteiger partial charge in [-0.2, -0.15) is 0 Å². The maximum absolute atomic E-state index is 11.7. The number of aromatic nitrogens is 1. The SMILES string of the molecule is Cc1cc(C(=O)Nc2ncccc2Cl)co1. The number of furan rings is 1. The Morgan fingerprint density at radius 3 is 3.00 bits per heavy atom. The normalized spacial score (nSPS) is 10.1. The van der Waals surface area contributed by atoms with E-state index in [1.165, 1.54) is 6.26 Å². The lowest BCUT2D eigenvalue weighted by Crippen LogP contribution is -2.12. The van der Waals surface area contributed by atoms with Gasteiger partial charge in [0, 0.05) is 6.20 Å². The molecule has 0 fully saturated rings. The first kappa shape index (κ1) is 10.7. The van der Waals surface area contributed by atoms with Crippen LogP contribution in [0.25, 0.3) is 0 Å². The van der Waals surface area contributed by atoms with Gasteiger partial charge in [0.2, 0.25) is 0 Å². The summed E-state index contributed by atoms with van der Waals surface area (Å²) < 4.78 is 5.04. The third-order valence-electron chi connectivity index (χ3n) is 1.98. The molecule has 0 saturated heterocycles. The van der Waals surface area contributed by atoms with Crippen molar-refractivity contribution in [3.05, 3.63) is 47.0 Å². The Morgan fingerprint density at radius 2 is 2.38 bits per heavy atom. The Kier molecular flexibility index (Phi) is 2.92. The van der Waals surface area contributed by atoms with Gasteiger partial charge in [-0.1, -0.05) is 11.6 Å². The minimum atomic E-state index is -0.294. The summed E-state index contributed by atoms with van der Waals surface area (Å²) in [6, 6.07) is 5.00. The molecule has 0 radical (unpaired) electrons. The maximum atomic E-state index is 11.7. The van der Waals surface area contributed by atoms with E-state index >= 15 is 0 Å². The van der Waals surface area contributed by atoms with Gasteiger partial charge in [0.25, 0.3) is 5.91 Å². The molecule has 0 spiro atoms. The van der Waals surface area contributed by atoms with Gasteiger partial charge in [-0.25, -0.2) is 4.98 Å². The average molecular weight is 237 g/mol. The molecule has 0 aliphatic carbocycles. The number of nitrogens with one attached hydrogen (secondary N) is 1. The molecule has 0 unspecified atom stereocenters. The molecule has 0 aliphatic heterocycles. The highest BCUT2D eigenvalue weighted by Gasteiger charge is 2.10. The van der Waals surface area contributed by atoms with Crippen molar-refractivity contribution >= 4 is 23.3 Å². The monoisotopic (exact) mass is 236 g/mol. The second-order valence-corrected chi connectivity index (χ2v) is 3.64. The van der Waals surface area contributed by atoms with Crippen molar-refractivity contribution in [1.29, 1.82) is 0 Å². The lowest BCUT2D eigenvalue weighted by atomic mass is 10.3. The average Bonchev–Trinajstić information content (AvgIpc) is 2.68. The lowest BCUT2D eigenvalue weighted by molar-refractivity contribution is 0.102. The summed E-state index contributed by atoms with van der Waals surface area (Å²) in [5.74, 6) is 0.725. The number of aryl methyl sites for hydroxylation is 1. The van der Waals surface area contributed by atoms with E-state index in [9.17, 15) is 4.79 Å². The van der Waals surface area contributed by atoms with E-state index in [0.29, 0.717) is 22.2 Å². The third-order valence-corrected chi connectivity index (χ3v) is 2.29. The van der Waals surface area contributed by atoms with Gasteiger partial charge in [0.1, 0.15) is 12.0 Å². The largest absolute Gasteiger partial charge is 0.469 e. The number of rotatable bonds is 2. The summed E-state index contributed by atoms with van der Waals surface area (Å²) in [5, 5.41) is 3.00. The van der Waals surface area contributed by atoms with E-state index < -0.39 is 0 Å². The molecule has 2 aromatic heterocycles. The molecule has 5 heteroatoms. The van der Waals surface area contributed by atoms with Gasteiger partial charge in [-0.15, -0.1) is 0 Å². The standard InChI is InChI=1S/C11H9ClN2O2/c1-7-5-8(6-16-7)11(15)14-10-9(12)3-2-4-13-10/h2-6H,1H3,(H,13,14,15). The van der Waals surface area contributed by atoms with E-state index in [2.05, 4.69) is 10.3 Å². The van der Waals surface area contributed by atoms with Crippen molar-refractivity contribution in [3.63, 3.8) is 0 Å². The predicted molar refractivity (Wildman–Crippen MR) is 60.6 cm³/mol. The molecular formula is C11H9ClN2O2. The minimum Gasteiger partial charge on any atom is -0.469 e.